The van der Waals surface area contributed by atoms with Gasteiger partial charge in [0, 0.05) is 25.7 Å². The molecule has 0 aliphatic carbocycles. The van der Waals surface area contributed by atoms with Crippen LogP contribution in [0, 0.1) is 23.7 Å². The van der Waals surface area contributed by atoms with E-state index in [9.17, 15) is 43.2 Å². The Balaban J connectivity index is 5.18. The van der Waals surface area contributed by atoms with E-state index in [1.54, 1.807) is 0 Å². The van der Waals surface area contributed by atoms with Gasteiger partial charge in [-0.1, -0.05) is 364 Å². The number of carbonyl (C=O) groups excluding carboxylic acids is 4. The molecule has 594 valence electrons. The lowest BCUT2D eigenvalue weighted by atomic mass is 9.99. The first-order valence-corrected chi connectivity index (χ1v) is 44.7. The van der Waals surface area contributed by atoms with Crippen molar-refractivity contribution in [2.75, 3.05) is 39.6 Å². The predicted octanol–water partition coefficient (Wildman–Crippen LogP) is 24.0. The second-order valence-corrected chi connectivity index (χ2v) is 33.7. The summed E-state index contributed by atoms with van der Waals surface area (Å²) in [5.41, 5.74) is 0. The minimum Gasteiger partial charge on any atom is -0.462 e. The first-order chi connectivity index (χ1) is 48.1. The summed E-state index contributed by atoms with van der Waals surface area (Å²) in [6, 6.07) is 0. The number of hydrogen-bond donors (Lipinski definition) is 3. The first-order valence-electron chi connectivity index (χ1n) is 41.7. The van der Waals surface area contributed by atoms with Gasteiger partial charge in [0.2, 0.25) is 0 Å². The number of carbonyl (C=O) groups is 4. The van der Waals surface area contributed by atoms with E-state index in [4.69, 9.17) is 37.0 Å². The summed E-state index contributed by atoms with van der Waals surface area (Å²) in [6.07, 6.45) is 57.1. The van der Waals surface area contributed by atoms with Gasteiger partial charge in [0.1, 0.15) is 19.3 Å². The normalized spacial score (nSPS) is 14.3. The maximum atomic E-state index is 13.1. The second-order valence-electron chi connectivity index (χ2n) is 30.8. The fraction of sp³-hybridized carbons (Fsp3) is 0.951. The van der Waals surface area contributed by atoms with Crippen LogP contribution in [-0.4, -0.2) is 96.7 Å². The molecule has 0 aliphatic rings. The van der Waals surface area contributed by atoms with Crippen LogP contribution < -0.4 is 0 Å². The Bertz CT molecular complexity index is 1960. The molecule has 4 unspecified atom stereocenters. The highest BCUT2D eigenvalue weighted by molar-refractivity contribution is 7.47. The van der Waals surface area contributed by atoms with Gasteiger partial charge in [-0.15, -0.1) is 0 Å². The molecule has 0 saturated carbocycles. The van der Waals surface area contributed by atoms with E-state index in [2.05, 4.69) is 55.4 Å². The molecule has 0 heterocycles. The highest BCUT2D eigenvalue weighted by atomic mass is 31.2. The minimum atomic E-state index is -4.96. The van der Waals surface area contributed by atoms with Crippen LogP contribution in [0.15, 0.2) is 0 Å². The van der Waals surface area contributed by atoms with E-state index in [1.165, 1.54) is 212 Å². The molecule has 17 nitrogen and oxygen atoms in total. The molecule has 3 N–H and O–H groups in total. The molecule has 0 saturated heterocycles. The molecule has 0 aromatic carbocycles. The van der Waals surface area contributed by atoms with Gasteiger partial charge >= 0.3 is 39.5 Å². The van der Waals surface area contributed by atoms with E-state index in [0.29, 0.717) is 31.6 Å². The van der Waals surface area contributed by atoms with Crippen molar-refractivity contribution in [3.05, 3.63) is 0 Å². The predicted molar refractivity (Wildman–Crippen MR) is 409 cm³/mol. The standard InChI is InChI=1S/C81H158O17P2/c1-9-74(8)60-52-44-36-27-23-19-14-12-10-11-13-15-20-24-28-38-47-55-63-81(86)98-77(68-92-79(84)62-54-46-40-32-35-43-51-59-73(6)7)70-96-100(89,90)94-66-75(82)65-93-99(87,88)95-69-76(67-91-78(83)61-53-45-37-31-30-34-42-50-58-72(4)5)97-80(85)64-56-48-39-29-25-21-17-16-18-22-26-33-41-49-57-71(2)3/h71-77,82H,9-70H2,1-8H3,(H,87,88)(H,89,90)/t74?,75?,76-,77-/m1/s1. The zero-order valence-corrected chi connectivity index (χ0v) is 67.6. The van der Waals surface area contributed by atoms with Gasteiger partial charge < -0.3 is 33.8 Å². The third kappa shape index (κ3) is 73.0. The number of unbranched alkanes of at least 4 members (excludes halogenated alkanes) is 43. The molecule has 0 bridgehead atoms. The van der Waals surface area contributed by atoms with Crippen molar-refractivity contribution in [3.63, 3.8) is 0 Å². The molecule has 19 heteroatoms. The Morgan fingerprint density at radius 1 is 0.280 bits per heavy atom. The maximum Gasteiger partial charge on any atom is 0.472 e. The summed E-state index contributed by atoms with van der Waals surface area (Å²) >= 11 is 0. The molecular formula is C81H158O17P2. The minimum absolute atomic E-state index is 0.107. The summed E-state index contributed by atoms with van der Waals surface area (Å²) in [4.78, 5) is 72.9. The molecule has 0 aliphatic heterocycles. The second kappa shape index (κ2) is 70.1. The van der Waals surface area contributed by atoms with Crippen molar-refractivity contribution in [2.45, 2.75) is 433 Å². The fourth-order valence-electron chi connectivity index (χ4n) is 12.4. The molecule has 6 atom stereocenters. The van der Waals surface area contributed by atoms with Gasteiger partial charge in [-0.05, 0) is 49.4 Å². The van der Waals surface area contributed by atoms with Crippen molar-refractivity contribution >= 4 is 39.5 Å². The molecule has 0 spiro atoms. The molecule has 0 aromatic rings. The zero-order chi connectivity index (χ0) is 73.8. The van der Waals surface area contributed by atoms with E-state index in [1.807, 2.05) is 0 Å². The maximum absolute atomic E-state index is 13.1. The number of esters is 4. The van der Waals surface area contributed by atoms with Crippen LogP contribution in [0.4, 0.5) is 0 Å². The van der Waals surface area contributed by atoms with E-state index < -0.39 is 97.5 Å². The third-order valence-electron chi connectivity index (χ3n) is 19.2. The summed E-state index contributed by atoms with van der Waals surface area (Å²) in [7, 11) is -9.92. The van der Waals surface area contributed by atoms with Crippen molar-refractivity contribution < 1.29 is 80.2 Å². The molecular weight excluding hydrogens is 1310 g/mol. The van der Waals surface area contributed by atoms with Crippen LogP contribution in [0.2, 0.25) is 0 Å². The number of phosphoric ester groups is 2. The summed E-state index contributed by atoms with van der Waals surface area (Å²) in [5, 5.41) is 10.6. The van der Waals surface area contributed by atoms with Gasteiger partial charge in [-0.3, -0.25) is 37.3 Å². The van der Waals surface area contributed by atoms with Crippen LogP contribution in [-0.2, 0) is 65.4 Å². The lowest BCUT2D eigenvalue weighted by Crippen LogP contribution is -2.30. The Kier molecular flexibility index (Phi) is 68.7. The SMILES string of the molecule is CCC(C)CCCCCCCCCCCCCCCCCCCCC(=O)O[C@H](COC(=O)CCCCCCCCCC(C)C)COP(=O)(O)OCC(O)COP(=O)(O)OC[C@@H](COC(=O)CCCCCCCCCCC(C)C)OC(=O)CCCCCCCCCCCCCCCCC(C)C. The van der Waals surface area contributed by atoms with E-state index in [-0.39, 0.29) is 25.7 Å². The fourth-order valence-corrected chi connectivity index (χ4v) is 14.0. The number of aliphatic hydroxyl groups is 1. The summed E-state index contributed by atoms with van der Waals surface area (Å²) in [5.74, 6) is 0.981. The van der Waals surface area contributed by atoms with Gasteiger partial charge in [-0.25, -0.2) is 9.13 Å². The first kappa shape index (κ1) is 98.1. The number of phosphoric acid groups is 2. The topological polar surface area (TPSA) is 237 Å². The van der Waals surface area contributed by atoms with Gasteiger partial charge in [-0.2, -0.15) is 0 Å². The summed E-state index contributed by atoms with van der Waals surface area (Å²) < 4.78 is 68.7. The number of aliphatic hydroxyl groups excluding tert-OH is 1. The molecule has 0 fully saturated rings. The molecule has 100 heavy (non-hydrogen) atoms. The molecule has 0 aromatic heterocycles. The lowest BCUT2D eigenvalue weighted by Gasteiger charge is -2.21. The third-order valence-corrected chi connectivity index (χ3v) is 21.1. The van der Waals surface area contributed by atoms with E-state index in [0.717, 1.165) is 114 Å². The van der Waals surface area contributed by atoms with Crippen molar-refractivity contribution in [3.8, 4) is 0 Å². The number of ether oxygens (including phenoxy) is 4. The average Bonchev–Trinajstić information content (AvgIpc) is 1.16. The van der Waals surface area contributed by atoms with Gasteiger partial charge in [0.15, 0.2) is 12.2 Å². The van der Waals surface area contributed by atoms with Crippen LogP contribution in [0.25, 0.3) is 0 Å². The van der Waals surface area contributed by atoms with Crippen molar-refractivity contribution in [1.82, 2.24) is 0 Å². The highest BCUT2D eigenvalue weighted by Crippen LogP contribution is 2.45. The Morgan fingerprint density at radius 2 is 0.480 bits per heavy atom. The average molecular weight is 1470 g/mol. The summed E-state index contributed by atoms with van der Waals surface area (Å²) in [6.45, 7) is 14.2. The van der Waals surface area contributed by atoms with Gasteiger partial charge in [0.05, 0.1) is 26.4 Å². The quantitative estimate of drug-likeness (QED) is 0.0222. The van der Waals surface area contributed by atoms with Crippen LogP contribution in [0.3, 0.4) is 0 Å². The smallest absolute Gasteiger partial charge is 0.462 e. The highest BCUT2D eigenvalue weighted by Gasteiger charge is 2.30. The lowest BCUT2D eigenvalue weighted by molar-refractivity contribution is -0.161. The number of hydrogen-bond acceptors (Lipinski definition) is 15. The zero-order valence-electron chi connectivity index (χ0n) is 65.8. The Morgan fingerprint density at radius 3 is 0.710 bits per heavy atom. The molecule has 0 rings (SSSR count). The number of rotatable bonds is 78. The molecule has 0 radical (unpaired) electrons. The van der Waals surface area contributed by atoms with Crippen LogP contribution in [0.5, 0.6) is 0 Å². The molecule has 0 amide bonds. The van der Waals surface area contributed by atoms with E-state index >= 15 is 0 Å². The Hall–Kier alpha value is -1.94. The van der Waals surface area contributed by atoms with Crippen LogP contribution in [0.1, 0.15) is 415 Å². The monoisotopic (exact) mass is 1470 g/mol. The van der Waals surface area contributed by atoms with Crippen molar-refractivity contribution in [2.24, 2.45) is 23.7 Å². The van der Waals surface area contributed by atoms with Crippen LogP contribution >= 0.6 is 15.6 Å². The largest absolute Gasteiger partial charge is 0.472 e. The van der Waals surface area contributed by atoms with Gasteiger partial charge in [0.25, 0.3) is 0 Å². The van der Waals surface area contributed by atoms with Crippen molar-refractivity contribution in [1.29, 1.82) is 0 Å². The Labute approximate surface area is 613 Å².